The van der Waals surface area contributed by atoms with Gasteiger partial charge in [0.1, 0.15) is 0 Å². The maximum absolute atomic E-state index is 11.9. The van der Waals surface area contributed by atoms with E-state index in [1.165, 1.54) is 12.1 Å². The molecule has 0 aromatic heterocycles. The van der Waals surface area contributed by atoms with Crippen LogP contribution in [-0.2, 0) is 4.79 Å². The van der Waals surface area contributed by atoms with Gasteiger partial charge in [0.25, 0.3) is 5.91 Å². The van der Waals surface area contributed by atoms with Crippen LogP contribution in [0.1, 0.15) is 5.56 Å². The molecule has 0 unspecified atom stereocenters. The lowest BCUT2D eigenvalue weighted by Crippen LogP contribution is -2.25. The number of anilines is 1. The summed E-state index contributed by atoms with van der Waals surface area (Å²) < 4.78 is 0.405. The second-order valence-corrected chi connectivity index (χ2v) is 6.74. The number of nitrogens with zero attached hydrogens (tertiary/aromatic N) is 2. The number of rotatable bonds is 6. The predicted molar refractivity (Wildman–Crippen MR) is 111 cm³/mol. The molecule has 3 aromatic rings. The monoisotopic (exact) mass is 442 g/mol. The summed E-state index contributed by atoms with van der Waals surface area (Å²) >= 11 is 3.13. The second kappa shape index (κ2) is 8.49. The van der Waals surface area contributed by atoms with Gasteiger partial charge in [-0.1, -0.05) is 46.3 Å². The Morgan fingerprint density at radius 1 is 1.18 bits per heavy atom. The third-order valence-corrected chi connectivity index (χ3v) is 4.33. The number of nitrogens with one attached hydrogen (secondary N) is 2. The van der Waals surface area contributed by atoms with E-state index in [1.54, 1.807) is 0 Å². The van der Waals surface area contributed by atoms with E-state index in [4.69, 9.17) is 0 Å². The third kappa shape index (κ3) is 4.63. The lowest BCUT2D eigenvalue weighted by Gasteiger charge is -2.07. The number of hydrogen-bond donors (Lipinski definition) is 3. The minimum Gasteiger partial charge on any atom is -0.502 e. The molecule has 9 heteroatoms. The Labute approximate surface area is 168 Å². The zero-order valence-corrected chi connectivity index (χ0v) is 16.0. The van der Waals surface area contributed by atoms with E-state index in [0.29, 0.717) is 4.47 Å². The lowest BCUT2D eigenvalue weighted by atomic mass is 10.1. The quantitative estimate of drug-likeness (QED) is 0.305. The number of phenolic OH excluding ortho intramolecular Hbond substituents is 1. The van der Waals surface area contributed by atoms with Crippen LogP contribution in [0.3, 0.4) is 0 Å². The lowest BCUT2D eigenvalue weighted by molar-refractivity contribution is -0.385. The van der Waals surface area contributed by atoms with Crippen LogP contribution in [0.4, 0.5) is 11.4 Å². The van der Waals surface area contributed by atoms with Crippen molar-refractivity contribution in [1.29, 1.82) is 0 Å². The number of carbonyl (C=O) groups is 1. The van der Waals surface area contributed by atoms with Crippen LogP contribution in [0.15, 0.2) is 64.2 Å². The van der Waals surface area contributed by atoms with Gasteiger partial charge < -0.3 is 10.4 Å². The average Bonchev–Trinajstić information content (AvgIpc) is 2.68. The molecule has 0 aliphatic heterocycles. The van der Waals surface area contributed by atoms with Crippen molar-refractivity contribution in [2.75, 3.05) is 11.9 Å². The van der Waals surface area contributed by atoms with Crippen molar-refractivity contribution in [2.45, 2.75) is 0 Å². The summed E-state index contributed by atoms with van der Waals surface area (Å²) in [6.07, 6.45) is 1.14. The molecule has 0 heterocycles. The molecule has 3 rings (SSSR count). The molecule has 0 bridgehead atoms. The fourth-order valence-corrected chi connectivity index (χ4v) is 3.00. The van der Waals surface area contributed by atoms with E-state index in [0.717, 1.165) is 22.7 Å². The van der Waals surface area contributed by atoms with E-state index < -0.39 is 22.3 Å². The topological polar surface area (TPSA) is 117 Å². The number of fused-ring (bicyclic) bond motifs is 1. The van der Waals surface area contributed by atoms with E-state index in [1.807, 2.05) is 42.5 Å². The standard InChI is InChI=1S/C19H15BrN4O4/c20-15-7-14(19(26)17(9-15)24(27)28)10-22-23-18(25)11-21-16-6-5-12-3-1-2-4-13(12)8-16/h1-10,21,26H,11H2,(H,23,25)/b22-10+. The number of halogens is 1. The first-order valence-corrected chi connectivity index (χ1v) is 8.95. The molecule has 3 aromatic carbocycles. The Morgan fingerprint density at radius 3 is 2.68 bits per heavy atom. The average molecular weight is 443 g/mol. The minimum atomic E-state index is -0.705. The first-order chi connectivity index (χ1) is 13.4. The molecule has 1 amide bonds. The Morgan fingerprint density at radius 2 is 1.93 bits per heavy atom. The van der Waals surface area contributed by atoms with E-state index >= 15 is 0 Å². The summed E-state index contributed by atoms with van der Waals surface area (Å²) in [4.78, 5) is 22.1. The molecule has 0 saturated carbocycles. The van der Waals surface area contributed by atoms with Crippen molar-refractivity contribution >= 4 is 50.2 Å². The van der Waals surface area contributed by atoms with E-state index in [-0.39, 0.29) is 12.1 Å². The number of hydrazone groups is 1. The zero-order valence-electron chi connectivity index (χ0n) is 14.4. The molecule has 3 N–H and O–H groups in total. The molecular formula is C19H15BrN4O4. The molecule has 0 aliphatic carbocycles. The van der Waals surface area contributed by atoms with Crippen molar-refractivity contribution in [2.24, 2.45) is 5.10 Å². The summed E-state index contributed by atoms with van der Waals surface area (Å²) in [5.74, 6) is -0.936. The molecule has 0 saturated heterocycles. The van der Waals surface area contributed by atoms with Crippen LogP contribution >= 0.6 is 15.9 Å². The predicted octanol–water partition coefficient (Wildman–Crippen LogP) is 3.78. The van der Waals surface area contributed by atoms with E-state index in [9.17, 15) is 20.0 Å². The highest BCUT2D eigenvalue weighted by molar-refractivity contribution is 9.10. The van der Waals surface area contributed by atoms with Gasteiger partial charge in [0.15, 0.2) is 0 Å². The van der Waals surface area contributed by atoms with Gasteiger partial charge in [-0.2, -0.15) is 5.10 Å². The smallest absolute Gasteiger partial charge is 0.312 e. The number of aromatic hydroxyl groups is 1. The van der Waals surface area contributed by atoms with E-state index in [2.05, 4.69) is 31.8 Å². The van der Waals surface area contributed by atoms with Gasteiger partial charge in [-0.15, -0.1) is 0 Å². The largest absolute Gasteiger partial charge is 0.502 e. The van der Waals surface area contributed by atoms with Crippen LogP contribution in [0.25, 0.3) is 10.8 Å². The summed E-state index contributed by atoms with van der Waals surface area (Å²) in [7, 11) is 0. The molecule has 0 spiro atoms. The van der Waals surface area contributed by atoms with Crippen molar-refractivity contribution in [1.82, 2.24) is 5.43 Å². The molecule has 0 atom stereocenters. The molecule has 0 radical (unpaired) electrons. The SMILES string of the molecule is O=C(CNc1ccc2ccccc2c1)N/N=C/c1cc(Br)cc([N+](=O)[O-])c1O. The van der Waals surface area contributed by atoms with Gasteiger partial charge in [0, 0.05) is 21.8 Å². The Balaban J connectivity index is 1.60. The van der Waals surface area contributed by atoms with Crippen LogP contribution < -0.4 is 10.7 Å². The highest BCUT2D eigenvalue weighted by Crippen LogP contribution is 2.32. The fourth-order valence-electron chi connectivity index (χ4n) is 2.54. The normalized spacial score (nSPS) is 10.9. The van der Waals surface area contributed by atoms with Crippen molar-refractivity contribution < 1.29 is 14.8 Å². The maximum Gasteiger partial charge on any atom is 0.312 e. The van der Waals surface area contributed by atoms with Gasteiger partial charge in [0.2, 0.25) is 5.75 Å². The Hall–Kier alpha value is -3.46. The summed E-state index contributed by atoms with van der Waals surface area (Å²) in [5.41, 5.74) is 2.74. The highest BCUT2D eigenvalue weighted by atomic mass is 79.9. The van der Waals surface area contributed by atoms with Gasteiger partial charge in [-0.25, -0.2) is 5.43 Å². The van der Waals surface area contributed by atoms with Crippen molar-refractivity contribution in [3.05, 3.63) is 74.7 Å². The highest BCUT2D eigenvalue weighted by Gasteiger charge is 2.17. The molecule has 0 fully saturated rings. The first kappa shape index (κ1) is 19.3. The summed E-state index contributed by atoms with van der Waals surface area (Å²) in [6, 6.07) is 16.3. The molecule has 28 heavy (non-hydrogen) atoms. The number of nitro benzene ring substituents is 1. The van der Waals surface area contributed by atoms with Crippen LogP contribution in [0.5, 0.6) is 5.75 Å². The van der Waals surface area contributed by atoms with Crippen LogP contribution in [-0.4, -0.2) is 28.7 Å². The number of phenols is 1. The zero-order chi connectivity index (χ0) is 20.1. The van der Waals surface area contributed by atoms with Gasteiger partial charge in [-0.3, -0.25) is 14.9 Å². The third-order valence-electron chi connectivity index (χ3n) is 3.88. The number of hydrogen-bond acceptors (Lipinski definition) is 6. The van der Waals surface area contributed by atoms with Crippen LogP contribution in [0.2, 0.25) is 0 Å². The van der Waals surface area contributed by atoms with Crippen LogP contribution in [0, 0.1) is 10.1 Å². The fraction of sp³-hybridized carbons (Fsp3) is 0.0526. The molecule has 0 aliphatic rings. The van der Waals surface area contributed by atoms with Gasteiger partial charge in [-0.05, 0) is 29.0 Å². The summed E-state index contributed by atoms with van der Waals surface area (Å²) in [5, 5.41) is 29.7. The van der Waals surface area contributed by atoms with Crippen molar-refractivity contribution in [3.8, 4) is 5.75 Å². The number of carbonyl (C=O) groups excluding carboxylic acids is 1. The molecular weight excluding hydrogens is 428 g/mol. The minimum absolute atomic E-state index is 0.0136. The molecule has 142 valence electrons. The Kier molecular flexibility index (Phi) is 5.85. The number of amides is 1. The van der Waals surface area contributed by atoms with Gasteiger partial charge >= 0.3 is 5.69 Å². The molecule has 8 nitrogen and oxygen atoms in total. The van der Waals surface area contributed by atoms with Gasteiger partial charge in [0.05, 0.1) is 17.7 Å². The number of nitro groups is 1. The first-order valence-electron chi connectivity index (χ1n) is 8.15. The number of benzene rings is 3. The second-order valence-electron chi connectivity index (χ2n) is 5.83. The summed E-state index contributed by atoms with van der Waals surface area (Å²) in [6.45, 7) is -0.0136. The Bertz CT molecular complexity index is 1080. The van der Waals surface area contributed by atoms with Crippen molar-refractivity contribution in [3.63, 3.8) is 0 Å². The maximum atomic E-state index is 11.9.